The van der Waals surface area contributed by atoms with Crippen LogP contribution in [0.25, 0.3) is 0 Å². The Bertz CT molecular complexity index is 308. The Morgan fingerprint density at radius 1 is 1.24 bits per heavy atom. The quantitative estimate of drug-likeness (QED) is 0.481. The summed E-state index contributed by atoms with van der Waals surface area (Å²) in [6.45, 7) is 13.6. The van der Waals surface area contributed by atoms with Crippen LogP contribution in [0.3, 0.4) is 0 Å². The normalized spacial score (nSPS) is 11.2. The number of allylic oxidation sites excluding steroid dienone is 2. The molecule has 0 saturated carbocycles. The van der Waals surface area contributed by atoms with Crippen LogP contribution in [0.15, 0.2) is 41.9 Å². The van der Waals surface area contributed by atoms with Crippen LogP contribution in [0, 0.1) is 4.91 Å². The van der Waals surface area contributed by atoms with Crippen molar-refractivity contribution in [2.75, 3.05) is 27.2 Å². The first-order valence-electron chi connectivity index (χ1n) is 5.69. The number of nitroso groups, excluding NO2 is 1. The molecule has 0 rings (SSSR count). The molecule has 4 nitrogen and oxygen atoms in total. The van der Waals surface area contributed by atoms with E-state index < -0.39 is 0 Å². The smallest absolute Gasteiger partial charge is 0.100 e. The van der Waals surface area contributed by atoms with Crippen molar-refractivity contribution in [3.05, 3.63) is 41.6 Å². The Hall–Kier alpha value is -1.42. The second-order valence-corrected chi connectivity index (χ2v) is 4.40. The van der Waals surface area contributed by atoms with E-state index in [4.69, 9.17) is 0 Å². The lowest BCUT2D eigenvalue weighted by Gasteiger charge is -2.26. The maximum absolute atomic E-state index is 10.1. The van der Waals surface area contributed by atoms with E-state index in [-0.39, 0.29) is 5.70 Å². The van der Waals surface area contributed by atoms with Gasteiger partial charge in [0.15, 0.2) is 0 Å². The molecule has 0 aromatic carbocycles. The minimum atomic E-state index is 0.207. The highest BCUT2D eigenvalue weighted by Gasteiger charge is 2.05. The van der Waals surface area contributed by atoms with E-state index in [0.717, 1.165) is 18.8 Å². The fourth-order valence-electron chi connectivity index (χ4n) is 1.06. The molecule has 96 valence electrons. The predicted molar refractivity (Wildman–Crippen MR) is 73.6 cm³/mol. The number of hydrogen-bond acceptors (Lipinski definition) is 4. The van der Waals surface area contributed by atoms with E-state index in [1.54, 1.807) is 12.2 Å². The molecule has 0 heterocycles. The molecule has 0 aromatic rings. The van der Waals surface area contributed by atoms with E-state index in [2.05, 4.69) is 44.1 Å². The third-order valence-corrected chi connectivity index (χ3v) is 2.75. The molecular formula is C13H23N3O. The standard InChI is InChI=1S/C13H23N3O/c1-11(2)15(5)9-10-16(6)13(4)8-7-12(3)14-17/h7-8,11H,3-4,9-10H2,1-2,5-6H3/b8-7-. The van der Waals surface area contributed by atoms with Crippen LogP contribution < -0.4 is 0 Å². The van der Waals surface area contributed by atoms with E-state index in [1.165, 1.54) is 0 Å². The van der Waals surface area contributed by atoms with Crippen LogP contribution >= 0.6 is 0 Å². The van der Waals surface area contributed by atoms with Gasteiger partial charge in [-0.2, -0.15) is 0 Å². The summed E-state index contributed by atoms with van der Waals surface area (Å²) in [4.78, 5) is 14.4. The maximum atomic E-state index is 10.1. The lowest BCUT2D eigenvalue weighted by atomic mass is 10.3. The highest BCUT2D eigenvalue weighted by Crippen LogP contribution is 2.04. The van der Waals surface area contributed by atoms with Crippen molar-refractivity contribution in [1.29, 1.82) is 0 Å². The van der Waals surface area contributed by atoms with Gasteiger partial charge in [-0.3, -0.25) is 0 Å². The van der Waals surface area contributed by atoms with Crippen LogP contribution in [-0.4, -0.2) is 43.0 Å². The minimum Gasteiger partial charge on any atom is -0.374 e. The number of hydrogen-bond donors (Lipinski definition) is 0. The maximum Gasteiger partial charge on any atom is 0.100 e. The Kier molecular flexibility index (Phi) is 7.14. The second kappa shape index (κ2) is 7.79. The number of likely N-dealkylation sites (N-methyl/N-ethyl adjacent to an activating group) is 2. The molecule has 0 aromatic heterocycles. The summed E-state index contributed by atoms with van der Waals surface area (Å²) in [6.07, 6.45) is 3.32. The molecule has 0 N–H and O–H groups in total. The van der Waals surface area contributed by atoms with Gasteiger partial charge in [0.2, 0.25) is 0 Å². The van der Waals surface area contributed by atoms with Crippen molar-refractivity contribution >= 4 is 0 Å². The first-order valence-corrected chi connectivity index (χ1v) is 5.69. The molecule has 0 saturated heterocycles. The predicted octanol–water partition coefficient (Wildman–Crippen LogP) is 2.61. The monoisotopic (exact) mass is 237 g/mol. The van der Waals surface area contributed by atoms with Gasteiger partial charge in [-0.1, -0.05) is 13.2 Å². The largest absolute Gasteiger partial charge is 0.374 e. The summed E-state index contributed by atoms with van der Waals surface area (Å²) in [5.74, 6) is 0. The van der Waals surface area contributed by atoms with Gasteiger partial charge in [0.25, 0.3) is 0 Å². The summed E-state index contributed by atoms with van der Waals surface area (Å²) >= 11 is 0. The van der Waals surface area contributed by atoms with Crippen molar-refractivity contribution in [2.24, 2.45) is 5.18 Å². The minimum absolute atomic E-state index is 0.207. The van der Waals surface area contributed by atoms with E-state index in [1.807, 2.05) is 11.9 Å². The van der Waals surface area contributed by atoms with Gasteiger partial charge < -0.3 is 9.80 Å². The molecule has 0 amide bonds. The zero-order valence-electron chi connectivity index (χ0n) is 11.3. The van der Waals surface area contributed by atoms with Crippen molar-refractivity contribution in [2.45, 2.75) is 19.9 Å². The molecule has 0 spiro atoms. The summed E-state index contributed by atoms with van der Waals surface area (Å²) in [6, 6.07) is 0.534. The molecule has 0 aliphatic heterocycles. The molecule has 17 heavy (non-hydrogen) atoms. The summed E-state index contributed by atoms with van der Waals surface area (Å²) < 4.78 is 0. The Labute approximate surface area is 104 Å². The van der Waals surface area contributed by atoms with Crippen LogP contribution in [0.5, 0.6) is 0 Å². The number of nitrogens with zero attached hydrogens (tertiary/aromatic N) is 3. The van der Waals surface area contributed by atoms with Crippen LogP contribution in [-0.2, 0) is 0 Å². The van der Waals surface area contributed by atoms with E-state index >= 15 is 0 Å². The van der Waals surface area contributed by atoms with Gasteiger partial charge in [0, 0.05) is 31.9 Å². The summed E-state index contributed by atoms with van der Waals surface area (Å²) in [5.41, 5.74) is 1.05. The molecule has 0 radical (unpaired) electrons. The van der Waals surface area contributed by atoms with Crippen LogP contribution in [0.4, 0.5) is 0 Å². The zero-order valence-corrected chi connectivity index (χ0v) is 11.3. The lowest BCUT2D eigenvalue weighted by molar-refractivity contribution is 0.245. The van der Waals surface area contributed by atoms with Gasteiger partial charge in [-0.25, -0.2) is 0 Å². The molecule has 4 heteroatoms. The Balaban J connectivity index is 4.10. The zero-order chi connectivity index (χ0) is 13.4. The SMILES string of the molecule is C=C(/C=C\C(=C)N(C)CCN(C)C(C)C)N=O. The summed E-state index contributed by atoms with van der Waals surface area (Å²) in [5, 5.41) is 2.72. The second-order valence-electron chi connectivity index (χ2n) is 4.40. The van der Waals surface area contributed by atoms with Crippen LogP contribution in [0.1, 0.15) is 13.8 Å². The molecule has 0 fully saturated rings. The van der Waals surface area contributed by atoms with Gasteiger partial charge >= 0.3 is 0 Å². The van der Waals surface area contributed by atoms with E-state index in [0.29, 0.717) is 6.04 Å². The average Bonchev–Trinajstić information content (AvgIpc) is 2.31. The van der Waals surface area contributed by atoms with Gasteiger partial charge in [0.1, 0.15) is 5.70 Å². The van der Waals surface area contributed by atoms with E-state index in [9.17, 15) is 4.91 Å². The van der Waals surface area contributed by atoms with Crippen molar-refractivity contribution in [3.8, 4) is 0 Å². The van der Waals surface area contributed by atoms with Crippen molar-refractivity contribution in [3.63, 3.8) is 0 Å². The third-order valence-electron chi connectivity index (χ3n) is 2.75. The fraction of sp³-hybridized carbons (Fsp3) is 0.538. The first kappa shape index (κ1) is 15.6. The molecular weight excluding hydrogens is 214 g/mol. The lowest BCUT2D eigenvalue weighted by Crippen LogP contribution is -2.34. The van der Waals surface area contributed by atoms with Crippen molar-refractivity contribution < 1.29 is 0 Å². The topological polar surface area (TPSA) is 35.9 Å². The number of rotatable bonds is 8. The van der Waals surface area contributed by atoms with Crippen LogP contribution in [0.2, 0.25) is 0 Å². The Morgan fingerprint density at radius 3 is 2.29 bits per heavy atom. The fourth-order valence-corrected chi connectivity index (χ4v) is 1.06. The average molecular weight is 237 g/mol. The molecule has 0 bridgehead atoms. The molecule has 0 aliphatic rings. The molecule has 0 unspecified atom stereocenters. The highest BCUT2D eigenvalue weighted by molar-refractivity contribution is 5.22. The highest BCUT2D eigenvalue weighted by atomic mass is 16.3. The third kappa shape index (κ3) is 6.68. The molecule has 0 atom stereocenters. The first-order chi connectivity index (χ1) is 7.88. The van der Waals surface area contributed by atoms with Gasteiger partial charge in [0.05, 0.1) is 0 Å². The molecule has 0 aliphatic carbocycles. The van der Waals surface area contributed by atoms with Crippen molar-refractivity contribution in [1.82, 2.24) is 9.80 Å². The Morgan fingerprint density at radius 2 is 1.82 bits per heavy atom. The van der Waals surface area contributed by atoms with Gasteiger partial charge in [-0.05, 0) is 38.2 Å². The summed E-state index contributed by atoms with van der Waals surface area (Å²) in [7, 11) is 4.06. The van der Waals surface area contributed by atoms with Gasteiger partial charge in [-0.15, -0.1) is 4.91 Å².